The van der Waals surface area contributed by atoms with Gasteiger partial charge in [0.25, 0.3) is 0 Å². The molecule has 5 unspecified atom stereocenters. The molecule has 0 bridgehead atoms. The zero-order chi connectivity index (χ0) is 27.8. The Hall–Kier alpha value is -2.35. The first-order valence-electron chi connectivity index (χ1n) is 13.2. The maximum atomic E-state index is 9.34. The minimum Gasteiger partial charge on any atom is -0.396 e. The van der Waals surface area contributed by atoms with Gasteiger partial charge >= 0.3 is 0 Å². The average Bonchev–Trinajstić information content (AvgIpc) is 3.00. The molecule has 0 aliphatic carbocycles. The van der Waals surface area contributed by atoms with Crippen LogP contribution in [0.15, 0.2) is 91.0 Å². The molecule has 1 aliphatic heterocycles. The molecular weight excluding hydrogens is 536 g/mol. The molecule has 10 heteroatoms. The van der Waals surface area contributed by atoms with Crippen LogP contribution < -0.4 is 0 Å². The van der Waals surface area contributed by atoms with Crippen LogP contribution in [0.4, 0.5) is 0 Å². The maximum Gasteiger partial charge on any atom is 0.186 e. The second-order valence-electron chi connectivity index (χ2n) is 9.20. The molecule has 1 heterocycles. The fourth-order valence-corrected chi connectivity index (χ4v) is 4.90. The van der Waals surface area contributed by atoms with Crippen molar-refractivity contribution in [3.05, 3.63) is 108 Å². The summed E-state index contributed by atoms with van der Waals surface area (Å²) < 4.78 is 36.6. The van der Waals surface area contributed by atoms with E-state index in [-0.39, 0.29) is 19.0 Å². The van der Waals surface area contributed by atoms with Gasteiger partial charge in [0.1, 0.15) is 24.4 Å². The predicted octanol–water partition coefficient (Wildman–Crippen LogP) is 4.94. The lowest BCUT2D eigenvalue weighted by Crippen LogP contribution is -2.61. The minimum atomic E-state index is -0.812. The van der Waals surface area contributed by atoms with Crippen LogP contribution in [0.25, 0.3) is 0 Å². The molecule has 0 amide bonds. The van der Waals surface area contributed by atoms with E-state index in [1.54, 1.807) is 0 Å². The second-order valence-corrected chi connectivity index (χ2v) is 9.91. The van der Waals surface area contributed by atoms with Crippen molar-refractivity contribution in [2.45, 2.75) is 56.9 Å². The Balaban J connectivity index is 1.61. The lowest BCUT2D eigenvalue weighted by atomic mass is 9.98. The van der Waals surface area contributed by atoms with E-state index in [1.807, 2.05) is 91.0 Å². The van der Waals surface area contributed by atoms with E-state index in [0.29, 0.717) is 26.2 Å². The highest BCUT2D eigenvalue weighted by molar-refractivity contribution is 7.94. The Morgan fingerprint density at radius 1 is 0.650 bits per heavy atom. The molecule has 1 saturated heterocycles. The summed E-state index contributed by atoms with van der Waals surface area (Å²) in [4.78, 5) is 0. The van der Waals surface area contributed by atoms with E-state index in [1.165, 1.54) is 0 Å². The lowest BCUT2D eigenvalue weighted by molar-refractivity contribution is -0.432. The number of ether oxygens (including phenoxy) is 5. The number of hydrogen-bond donors (Lipinski definition) is 2. The smallest absolute Gasteiger partial charge is 0.186 e. The zero-order valence-corrected chi connectivity index (χ0v) is 23.0. The average molecular weight is 573 g/mol. The molecule has 9 nitrogen and oxygen atoms in total. The predicted molar refractivity (Wildman–Crippen MR) is 149 cm³/mol. The first-order valence-corrected chi connectivity index (χ1v) is 14.1. The Bertz CT molecular complexity index is 997. The summed E-state index contributed by atoms with van der Waals surface area (Å²) in [6.45, 7) is 1.21. The summed E-state index contributed by atoms with van der Waals surface area (Å²) in [6.07, 6.45) is -2.78. The normalized spacial score (nSPS) is 22.8. The van der Waals surface area contributed by atoms with Gasteiger partial charge in [-0.2, -0.15) is 0 Å². The van der Waals surface area contributed by atoms with E-state index < -0.39 is 30.7 Å². The Kier molecular flexibility index (Phi) is 13.4. The van der Waals surface area contributed by atoms with Crippen LogP contribution in [0, 0.1) is 0 Å². The van der Waals surface area contributed by atoms with Crippen LogP contribution in [0.2, 0.25) is 0 Å². The molecule has 5 atom stereocenters. The van der Waals surface area contributed by atoms with E-state index >= 15 is 0 Å². The first kappa shape index (κ1) is 30.6. The number of rotatable bonds is 17. The summed E-state index contributed by atoms with van der Waals surface area (Å²) in [5.74, 6) is 0.247. The maximum absolute atomic E-state index is 9.34. The Morgan fingerprint density at radius 2 is 1.15 bits per heavy atom. The molecule has 0 aromatic heterocycles. The van der Waals surface area contributed by atoms with Gasteiger partial charge in [-0.05, 0) is 23.1 Å². The highest BCUT2D eigenvalue weighted by atomic mass is 32.2. The SMILES string of the molecule is OCCCOC1OC(CSOOO)C(OCc2ccccc2)C(OCc2ccccc2)C1OCc1ccccc1. The number of benzene rings is 3. The minimum absolute atomic E-state index is 0.0139. The van der Waals surface area contributed by atoms with Crippen molar-refractivity contribution >= 4 is 12.0 Å². The van der Waals surface area contributed by atoms with Crippen molar-refractivity contribution in [3.8, 4) is 0 Å². The molecule has 216 valence electrons. The van der Waals surface area contributed by atoms with Crippen molar-refractivity contribution in [3.63, 3.8) is 0 Å². The van der Waals surface area contributed by atoms with E-state index in [0.717, 1.165) is 28.7 Å². The van der Waals surface area contributed by atoms with Gasteiger partial charge in [-0.1, -0.05) is 96.0 Å². The van der Waals surface area contributed by atoms with Crippen LogP contribution in [-0.4, -0.2) is 60.0 Å². The quantitative estimate of drug-likeness (QED) is 0.100. The number of aliphatic hydroxyl groups excluding tert-OH is 1. The Labute approximate surface area is 238 Å². The van der Waals surface area contributed by atoms with Crippen molar-refractivity contribution in [2.75, 3.05) is 19.0 Å². The van der Waals surface area contributed by atoms with Crippen LogP contribution in [0.1, 0.15) is 23.1 Å². The molecule has 40 heavy (non-hydrogen) atoms. The molecular formula is C30H36O9S. The highest BCUT2D eigenvalue weighted by Gasteiger charge is 2.49. The van der Waals surface area contributed by atoms with Gasteiger partial charge in [-0.15, -0.1) is 4.33 Å². The third-order valence-corrected chi connectivity index (χ3v) is 6.96. The van der Waals surface area contributed by atoms with Gasteiger partial charge < -0.3 is 28.8 Å². The van der Waals surface area contributed by atoms with Crippen LogP contribution in [0.5, 0.6) is 0 Å². The topological polar surface area (TPSA) is 105 Å². The van der Waals surface area contributed by atoms with Crippen molar-refractivity contribution < 1.29 is 43.4 Å². The lowest BCUT2D eigenvalue weighted by Gasteiger charge is -2.45. The van der Waals surface area contributed by atoms with Gasteiger partial charge in [0, 0.05) is 18.6 Å². The van der Waals surface area contributed by atoms with E-state index in [9.17, 15) is 5.11 Å². The first-order chi connectivity index (χ1) is 19.8. The van der Waals surface area contributed by atoms with Gasteiger partial charge in [-0.3, -0.25) is 0 Å². The summed E-state index contributed by atoms with van der Waals surface area (Å²) in [5.41, 5.74) is 2.98. The summed E-state index contributed by atoms with van der Waals surface area (Å²) in [6, 6.07) is 29.5. The second kappa shape index (κ2) is 17.5. The zero-order valence-electron chi connectivity index (χ0n) is 22.2. The fraction of sp³-hybridized carbons (Fsp3) is 0.400. The fourth-order valence-electron chi connectivity index (χ4n) is 4.39. The monoisotopic (exact) mass is 572 g/mol. The molecule has 0 saturated carbocycles. The largest absolute Gasteiger partial charge is 0.396 e. The molecule has 0 spiro atoms. The molecule has 1 fully saturated rings. The van der Waals surface area contributed by atoms with Crippen LogP contribution in [0.3, 0.4) is 0 Å². The van der Waals surface area contributed by atoms with Crippen LogP contribution >= 0.6 is 12.0 Å². The van der Waals surface area contributed by atoms with Gasteiger partial charge in [0.05, 0.1) is 32.2 Å². The molecule has 4 rings (SSSR count). The van der Waals surface area contributed by atoms with Gasteiger partial charge in [-0.25, -0.2) is 5.26 Å². The van der Waals surface area contributed by atoms with E-state index in [4.69, 9.17) is 28.9 Å². The molecule has 0 radical (unpaired) electrons. The van der Waals surface area contributed by atoms with Crippen LogP contribution in [-0.2, 0) is 52.9 Å². The van der Waals surface area contributed by atoms with Crippen molar-refractivity contribution in [1.82, 2.24) is 0 Å². The third-order valence-electron chi connectivity index (χ3n) is 6.34. The molecule has 3 aromatic rings. The molecule has 3 aromatic carbocycles. The van der Waals surface area contributed by atoms with Crippen molar-refractivity contribution in [1.29, 1.82) is 0 Å². The summed E-state index contributed by atoms with van der Waals surface area (Å²) in [7, 11) is 0. The number of hydrogen-bond acceptors (Lipinski definition) is 10. The third kappa shape index (κ3) is 9.64. The number of aliphatic hydroxyl groups is 1. The standard InChI is InChI=1S/C30H36O9S/c31-17-10-18-33-30-29(36-21-25-15-8-3-9-16-25)28(35-20-24-13-6-2-7-14-24)27(26(37-30)22-40-39-38-32)34-19-23-11-4-1-5-12-23/h1-9,11-16,26-32H,10,17-22H2. The molecule has 2 N–H and O–H groups in total. The van der Waals surface area contributed by atoms with Crippen molar-refractivity contribution in [2.24, 2.45) is 0 Å². The summed E-state index contributed by atoms with van der Waals surface area (Å²) in [5, 5.41) is 21.8. The molecule has 1 aliphatic rings. The van der Waals surface area contributed by atoms with E-state index in [2.05, 4.69) is 9.37 Å². The van der Waals surface area contributed by atoms with Gasteiger partial charge in [0.15, 0.2) is 6.29 Å². The summed E-state index contributed by atoms with van der Waals surface area (Å²) >= 11 is 0.874. The Morgan fingerprint density at radius 3 is 1.65 bits per heavy atom. The van der Waals surface area contributed by atoms with Gasteiger partial charge in [0.2, 0.25) is 0 Å². The highest BCUT2D eigenvalue weighted by Crippen LogP contribution is 2.32.